The summed E-state index contributed by atoms with van der Waals surface area (Å²) in [6.45, 7) is 3.93. The Kier molecular flexibility index (Phi) is 2.59. The third kappa shape index (κ3) is 1.81. The van der Waals surface area contributed by atoms with Gasteiger partial charge in [-0.05, 0) is 19.4 Å². The number of aromatic nitrogens is 1. The molecule has 1 heterocycles. The predicted molar refractivity (Wildman–Crippen MR) is 49.8 cm³/mol. The Morgan fingerprint density at radius 2 is 2.15 bits per heavy atom. The number of nitrogens with zero attached hydrogens (tertiary/aromatic N) is 3. The first-order valence-corrected chi connectivity index (χ1v) is 3.85. The van der Waals surface area contributed by atoms with E-state index in [4.69, 9.17) is 10.7 Å². The molecule has 64 valence electrons. The molecule has 0 aliphatic heterocycles. The zero-order valence-corrected chi connectivity index (χ0v) is 7.57. The molecular formula is C10H9N3. The molecule has 3 heteroatoms. The Bertz CT molecular complexity index is 420. The third-order valence-electron chi connectivity index (χ3n) is 1.91. The van der Waals surface area contributed by atoms with Crippen LogP contribution in [0.1, 0.15) is 11.1 Å². The van der Waals surface area contributed by atoms with Crippen molar-refractivity contribution in [3.05, 3.63) is 35.0 Å². The lowest BCUT2D eigenvalue weighted by atomic mass is 10.2. The van der Waals surface area contributed by atoms with Crippen LogP contribution in [0.2, 0.25) is 0 Å². The summed E-state index contributed by atoms with van der Waals surface area (Å²) in [5.41, 5.74) is 2.29. The van der Waals surface area contributed by atoms with E-state index in [1.807, 2.05) is 31.9 Å². The van der Waals surface area contributed by atoms with Gasteiger partial charge in [0.2, 0.25) is 0 Å². The van der Waals surface area contributed by atoms with E-state index in [-0.39, 0.29) is 5.70 Å². The highest BCUT2D eigenvalue weighted by molar-refractivity contribution is 5.84. The number of rotatable bonds is 1. The third-order valence-corrected chi connectivity index (χ3v) is 1.91. The fourth-order valence-corrected chi connectivity index (χ4v) is 0.957. The molecule has 0 saturated heterocycles. The largest absolute Gasteiger partial charge is 0.757 e. The first-order valence-electron chi connectivity index (χ1n) is 3.85. The molecular weight excluding hydrogens is 162 g/mol. The zero-order chi connectivity index (χ0) is 9.84. The highest BCUT2D eigenvalue weighted by Gasteiger charge is 2.07. The van der Waals surface area contributed by atoms with Crippen molar-refractivity contribution in [1.82, 2.24) is 0 Å². The highest BCUT2D eigenvalue weighted by Crippen LogP contribution is 2.01. The fraction of sp³-hybridized carbons (Fsp3) is 0.200. The van der Waals surface area contributed by atoms with E-state index >= 15 is 0 Å². The molecule has 0 fully saturated rings. The summed E-state index contributed by atoms with van der Waals surface area (Å²) in [5, 5.41) is 17.2. The maximum Gasteiger partial charge on any atom is 0.309 e. The molecule has 0 aliphatic rings. The monoisotopic (exact) mass is 171 g/mol. The minimum absolute atomic E-state index is 0.0862. The van der Waals surface area contributed by atoms with Crippen molar-refractivity contribution < 1.29 is 4.57 Å². The fourth-order valence-electron chi connectivity index (χ4n) is 0.957. The molecule has 0 aliphatic carbocycles. The van der Waals surface area contributed by atoms with Crippen LogP contribution in [-0.4, -0.2) is 5.87 Å². The van der Waals surface area contributed by atoms with Crippen LogP contribution >= 0.6 is 0 Å². The maximum absolute atomic E-state index is 8.61. The van der Waals surface area contributed by atoms with Crippen molar-refractivity contribution in [2.24, 2.45) is 0 Å². The van der Waals surface area contributed by atoms with E-state index in [0.29, 0.717) is 0 Å². The number of allylic oxidation sites excluding steroid dienone is 1. The van der Waals surface area contributed by atoms with Crippen LogP contribution in [-0.2, 0) is 0 Å². The molecule has 1 aromatic rings. The first-order chi connectivity index (χ1) is 6.19. The van der Waals surface area contributed by atoms with E-state index in [0.717, 1.165) is 11.1 Å². The lowest BCUT2D eigenvalue weighted by Gasteiger charge is -1.96. The van der Waals surface area contributed by atoms with Crippen LogP contribution in [0, 0.1) is 25.2 Å². The van der Waals surface area contributed by atoms with E-state index in [2.05, 4.69) is 0 Å². The quantitative estimate of drug-likeness (QED) is 0.356. The SMILES string of the molecule is Cc1cc[n+](C(=C=[N-])C#N)cc1C. The lowest BCUT2D eigenvalue weighted by molar-refractivity contribution is -0.576. The molecule has 1 rings (SSSR count). The van der Waals surface area contributed by atoms with Gasteiger partial charge < -0.3 is 5.41 Å². The van der Waals surface area contributed by atoms with Crippen LogP contribution in [0.3, 0.4) is 0 Å². The van der Waals surface area contributed by atoms with Crippen molar-refractivity contribution in [3.63, 3.8) is 0 Å². The van der Waals surface area contributed by atoms with Gasteiger partial charge in [0.1, 0.15) is 0 Å². The second-order valence-electron chi connectivity index (χ2n) is 2.79. The van der Waals surface area contributed by atoms with Crippen molar-refractivity contribution in [2.45, 2.75) is 13.8 Å². The Morgan fingerprint density at radius 3 is 2.62 bits per heavy atom. The Balaban J connectivity index is 3.27. The van der Waals surface area contributed by atoms with Crippen molar-refractivity contribution in [3.8, 4) is 6.07 Å². The lowest BCUT2D eigenvalue weighted by Crippen LogP contribution is -2.31. The van der Waals surface area contributed by atoms with Crippen LogP contribution in [0.15, 0.2) is 18.5 Å². The summed E-state index contributed by atoms with van der Waals surface area (Å²) < 4.78 is 1.53. The molecule has 13 heavy (non-hydrogen) atoms. The van der Waals surface area contributed by atoms with E-state index < -0.39 is 0 Å². The summed E-state index contributed by atoms with van der Waals surface area (Å²) in [7, 11) is 0. The van der Waals surface area contributed by atoms with Crippen molar-refractivity contribution >= 4 is 11.6 Å². The Hall–Kier alpha value is -1.91. The number of pyridine rings is 1. The van der Waals surface area contributed by atoms with Gasteiger partial charge in [0.15, 0.2) is 18.5 Å². The van der Waals surface area contributed by atoms with Crippen molar-refractivity contribution in [1.29, 1.82) is 5.26 Å². The molecule has 0 atom stereocenters. The highest BCUT2D eigenvalue weighted by atomic mass is 14.9. The summed E-state index contributed by atoms with van der Waals surface area (Å²) >= 11 is 0. The topological polar surface area (TPSA) is 50.0 Å². The van der Waals surface area contributed by atoms with Gasteiger partial charge in [-0.15, -0.1) is 0 Å². The standard InChI is InChI=1S/C10H9N3/c1-8-3-4-13(7-9(8)2)10(5-11)6-12/h3-4,7H,1-2H3. The van der Waals surface area contributed by atoms with Crippen LogP contribution in [0.25, 0.3) is 11.1 Å². The molecule has 0 spiro atoms. The van der Waals surface area contributed by atoms with E-state index in [9.17, 15) is 0 Å². The van der Waals surface area contributed by atoms with Gasteiger partial charge in [-0.1, -0.05) is 0 Å². The smallest absolute Gasteiger partial charge is 0.309 e. The minimum Gasteiger partial charge on any atom is -0.757 e. The summed E-state index contributed by atoms with van der Waals surface area (Å²) in [6.07, 6.45) is 3.49. The van der Waals surface area contributed by atoms with Gasteiger partial charge in [-0.3, -0.25) is 0 Å². The van der Waals surface area contributed by atoms with Gasteiger partial charge in [-0.25, -0.2) is 0 Å². The number of aryl methyl sites for hydroxylation is 2. The molecule has 3 nitrogen and oxygen atoms in total. The molecule has 0 bridgehead atoms. The normalized spacial score (nSPS) is 8.69. The number of hydrogen-bond acceptors (Lipinski definition) is 1. The van der Waals surface area contributed by atoms with Crippen LogP contribution in [0.5, 0.6) is 0 Å². The Labute approximate surface area is 77.1 Å². The molecule has 1 aromatic heterocycles. The number of hydrogen-bond donors (Lipinski definition) is 0. The molecule has 0 unspecified atom stereocenters. The molecule has 0 N–H and O–H groups in total. The second kappa shape index (κ2) is 3.66. The average Bonchev–Trinajstić information content (AvgIpc) is 2.13. The van der Waals surface area contributed by atoms with Crippen LogP contribution < -0.4 is 4.57 Å². The number of nitriles is 1. The predicted octanol–water partition coefficient (Wildman–Crippen LogP) is 1.19. The van der Waals surface area contributed by atoms with Gasteiger partial charge in [0.25, 0.3) is 0 Å². The minimum atomic E-state index is 0.0862. The van der Waals surface area contributed by atoms with Gasteiger partial charge >= 0.3 is 5.70 Å². The first kappa shape index (κ1) is 9.18. The van der Waals surface area contributed by atoms with E-state index in [1.165, 1.54) is 4.57 Å². The average molecular weight is 171 g/mol. The molecule has 0 amide bonds. The molecule has 0 aromatic carbocycles. The summed E-state index contributed by atoms with van der Waals surface area (Å²) in [6, 6.07) is 3.71. The summed E-state index contributed by atoms with van der Waals surface area (Å²) in [5.74, 6) is 1.83. The van der Waals surface area contributed by atoms with Gasteiger partial charge in [-0.2, -0.15) is 15.7 Å². The molecule has 0 saturated carbocycles. The Morgan fingerprint density at radius 1 is 1.46 bits per heavy atom. The van der Waals surface area contributed by atoms with Gasteiger partial charge in [0, 0.05) is 11.6 Å². The second-order valence-corrected chi connectivity index (χ2v) is 2.79. The maximum atomic E-state index is 8.61. The molecule has 0 radical (unpaired) electrons. The zero-order valence-electron chi connectivity index (χ0n) is 7.57. The van der Waals surface area contributed by atoms with Crippen molar-refractivity contribution in [2.75, 3.05) is 0 Å². The van der Waals surface area contributed by atoms with Crippen LogP contribution in [0.4, 0.5) is 0 Å². The van der Waals surface area contributed by atoms with E-state index in [1.54, 1.807) is 12.4 Å². The summed E-state index contributed by atoms with van der Waals surface area (Å²) in [4.78, 5) is 0. The van der Waals surface area contributed by atoms with Gasteiger partial charge in [0.05, 0.1) is 0 Å².